The molecule has 2 atom stereocenters. The van der Waals surface area contributed by atoms with Crippen LogP contribution in [-0.4, -0.2) is 19.1 Å². The molecule has 0 spiro atoms. The molecule has 3 heteroatoms. The predicted octanol–water partition coefficient (Wildman–Crippen LogP) is 0.843. The third-order valence-electron chi connectivity index (χ3n) is 2.44. The molecule has 0 aromatic rings. The second kappa shape index (κ2) is 3.72. The summed E-state index contributed by atoms with van der Waals surface area (Å²) in [5.41, 5.74) is 6.12. The highest BCUT2D eigenvalue weighted by Gasteiger charge is 2.27. The van der Waals surface area contributed by atoms with E-state index in [1.54, 1.807) is 7.11 Å². The minimum Gasteiger partial charge on any atom is -0.381 e. The summed E-state index contributed by atoms with van der Waals surface area (Å²) in [7, 11) is 1.68. The third-order valence-corrected chi connectivity index (χ3v) is 2.44. The zero-order valence-corrected chi connectivity index (χ0v) is 7.38. The maximum atomic E-state index is 10.9. The third kappa shape index (κ3) is 1.85. The quantitative estimate of drug-likeness (QED) is 0.623. The molecule has 0 aromatic carbocycles. The molecule has 1 aliphatic rings. The highest BCUT2D eigenvalue weighted by Crippen LogP contribution is 2.29. The van der Waals surface area contributed by atoms with Gasteiger partial charge < -0.3 is 10.5 Å². The number of primary amides is 1. The van der Waals surface area contributed by atoms with Crippen molar-refractivity contribution in [1.82, 2.24) is 0 Å². The Bertz CT molecular complexity index is 201. The SMILES string of the molecule is C=C1CC(OC)CCC1C(N)=O. The van der Waals surface area contributed by atoms with Gasteiger partial charge in [0, 0.05) is 7.11 Å². The lowest BCUT2D eigenvalue weighted by molar-refractivity contribution is -0.121. The van der Waals surface area contributed by atoms with Gasteiger partial charge in [-0.1, -0.05) is 12.2 Å². The summed E-state index contributed by atoms with van der Waals surface area (Å²) >= 11 is 0. The first kappa shape index (κ1) is 9.26. The van der Waals surface area contributed by atoms with Crippen LogP contribution in [0.3, 0.4) is 0 Å². The fraction of sp³-hybridized carbons (Fsp3) is 0.667. The largest absolute Gasteiger partial charge is 0.381 e. The molecule has 0 heterocycles. The van der Waals surface area contributed by atoms with Crippen molar-refractivity contribution in [2.24, 2.45) is 11.7 Å². The molecule has 3 nitrogen and oxygen atoms in total. The molecule has 1 rings (SSSR count). The Kier molecular flexibility index (Phi) is 2.87. The predicted molar refractivity (Wildman–Crippen MR) is 46.5 cm³/mol. The molecule has 0 saturated heterocycles. The van der Waals surface area contributed by atoms with Gasteiger partial charge >= 0.3 is 0 Å². The van der Waals surface area contributed by atoms with Gasteiger partial charge in [-0.3, -0.25) is 4.79 Å². The first-order chi connectivity index (χ1) is 5.65. The van der Waals surface area contributed by atoms with Crippen LogP contribution in [0.15, 0.2) is 12.2 Å². The molecule has 1 fully saturated rings. The Morgan fingerprint density at radius 3 is 2.75 bits per heavy atom. The number of carbonyl (C=O) groups excluding carboxylic acids is 1. The van der Waals surface area contributed by atoms with Crippen LogP contribution in [0, 0.1) is 5.92 Å². The number of nitrogens with two attached hydrogens (primary N) is 1. The molecule has 68 valence electrons. The van der Waals surface area contributed by atoms with Crippen molar-refractivity contribution in [2.45, 2.75) is 25.4 Å². The summed E-state index contributed by atoms with van der Waals surface area (Å²) in [5.74, 6) is -0.383. The van der Waals surface area contributed by atoms with E-state index in [0.717, 1.165) is 24.8 Å². The van der Waals surface area contributed by atoms with Gasteiger partial charge in [-0.15, -0.1) is 0 Å². The van der Waals surface area contributed by atoms with E-state index in [1.807, 2.05) is 0 Å². The normalized spacial score (nSPS) is 30.2. The average Bonchev–Trinajstić information content (AvgIpc) is 2.03. The van der Waals surface area contributed by atoms with Gasteiger partial charge in [0.25, 0.3) is 0 Å². The molecule has 0 radical (unpaired) electrons. The van der Waals surface area contributed by atoms with Crippen molar-refractivity contribution in [3.8, 4) is 0 Å². The maximum absolute atomic E-state index is 10.9. The van der Waals surface area contributed by atoms with Crippen LogP contribution in [0.1, 0.15) is 19.3 Å². The number of ether oxygens (including phenoxy) is 1. The van der Waals surface area contributed by atoms with Crippen LogP contribution in [0.4, 0.5) is 0 Å². The average molecular weight is 169 g/mol. The molecule has 1 saturated carbocycles. The molecular formula is C9H15NO2. The van der Waals surface area contributed by atoms with E-state index < -0.39 is 0 Å². The smallest absolute Gasteiger partial charge is 0.224 e. The molecule has 0 aromatic heterocycles. The standard InChI is InChI=1S/C9H15NO2/c1-6-5-7(12-2)3-4-8(6)9(10)11/h7-8H,1,3-5H2,2H3,(H2,10,11). The summed E-state index contributed by atoms with van der Waals surface area (Å²) < 4.78 is 5.18. The minimum absolute atomic E-state index is 0.128. The van der Waals surface area contributed by atoms with E-state index in [9.17, 15) is 4.79 Å². The molecule has 0 aliphatic heterocycles. The second-order valence-electron chi connectivity index (χ2n) is 3.25. The molecule has 1 aliphatic carbocycles. The van der Waals surface area contributed by atoms with E-state index in [0.29, 0.717) is 0 Å². The van der Waals surface area contributed by atoms with Gasteiger partial charge in [-0.25, -0.2) is 0 Å². The Morgan fingerprint density at radius 2 is 2.33 bits per heavy atom. The van der Waals surface area contributed by atoms with Gasteiger partial charge in [0.15, 0.2) is 0 Å². The minimum atomic E-state index is -0.255. The van der Waals surface area contributed by atoms with E-state index in [2.05, 4.69) is 6.58 Å². The van der Waals surface area contributed by atoms with Crippen molar-refractivity contribution in [3.05, 3.63) is 12.2 Å². The zero-order valence-electron chi connectivity index (χ0n) is 7.38. The number of carbonyl (C=O) groups is 1. The highest BCUT2D eigenvalue weighted by molar-refractivity contribution is 5.79. The van der Waals surface area contributed by atoms with E-state index >= 15 is 0 Å². The lowest BCUT2D eigenvalue weighted by atomic mass is 9.83. The number of methoxy groups -OCH3 is 1. The Balaban J connectivity index is 2.54. The molecule has 2 N–H and O–H groups in total. The summed E-state index contributed by atoms with van der Waals surface area (Å²) in [5, 5.41) is 0. The first-order valence-corrected chi connectivity index (χ1v) is 4.15. The lowest BCUT2D eigenvalue weighted by Crippen LogP contribution is -2.31. The monoisotopic (exact) mass is 169 g/mol. The van der Waals surface area contributed by atoms with Gasteiger partial charge in [0.05, 0.1) is 12.0 Å². The molecule has 2 unspecified atom stereocenters. The number of hydrogen-bond donors (Lipinski definition) is 1. The van der Waals surface area contributed by atoms with Gasteiger partial charge in [-0.2, -0.15) is 0 Å². The van der Waals surface area contributed by atoms with Gasteiger partial charge in [0.2, 0.25) is 5.91 Å². The van der Waals surface area contributed by atoms with E-state index in [-0.39, 0.29) is 17.9 Å². The van der Waals surface area contributed by atoms with Gasteiger partial charge in [-0.05, 0) is 19.3 Å². The molecule has 0 bridgehead atoms. The fourth-order valence-corrected chi connectivity index (χ4v) is 1.64. The van der Waals surface area contributed by atoms with Crippen LogP contribution in [0.2, 0.25) is 0 Å². The van der Waals surface area contributed by atoms with Crippen LogP contribution >= 0.6 is 0 Å². The number of hydrogen-bond acceptors (Lipinski definition) is 2. The molecule has 12 heavy (non-hydrogen) atoms. The fourth-order valence-electron chi connectivity index (χ4n) is 1.64. The Hall–Kier alpha value is -0.830. The van der Waals surface area contributed by atoms with Crippen LogP contribution in [0.5, 0.6) is 0 Å². The maximum Gasteiger partial charge on any atom is 0.224 e. The van der Waals surface area contributed by atoms with Crippen LogP contribution < -0.4 is 5.73 Å². The molecular weight excluding hydrogens is 154 g/mol. The Morgan fingerprint density at radius 1 is 1.67 bits per heavy atom. The summed E-state index contributed by atoms with van der Waals surface area (Å²) in [6, 6.07) is 0. The summed E-state index contributed by atoms with van der Waals surface area (Å²) in [6.45, 7) is 3.83. The van der Waals surface area contributed by atoms with Crippen LogP contribution in [-0.2, 0) is 9.53 Å². The summed E-state index contributed by atoms with van der Waals surface area (Å²) in [6.07, 6.45) is 2.69. The topological polar surface area (TPSA) is 52.3 Å². The zero-order chi connectivity index (χ0) is 9.14. The van der Waals surface area contributed by atoms with Crippen molar-refractivity contribution in [2.75, 3.05) is 7.11 Å². The second-order valence-corrected chi connectivity index (χ2v) is 3.25. The van der Waals surface area contributed by atoms with Crippen LogP contribution in [0.25, 0.3) is 0 Å². The number of amides is 1. The summed E-state index contributed by atoms with van der Waals surface area (Å²) in [4.78, 5) is 10.9. The van der Waals surface area contributed by atoms with E-state index in [1.165, 1.54) is 0 Å². The van der Waals surface area contributed by atoms with Crippen molar-refractivity contribution in [3.63, 3.8) is 0 Å². The lowest BCUT2D eigenvalue weighted by Gasteiger charge is -2.27. The molecule has 1 amide bonds. The van der Waals surface area contributed by atoms with E-state index in [4.69, 9.17) is 10.5 Å². The Labute approximate surface area is 72.6 Å². The number of rotatable bonds is 2. The van der Waals surface area contributed by atoms with Gasteiger partial charge in [0.1, 0.15) is 0 Å². The van der Waals surface area contributed by atoms with Crippen molar-refractivity contribution in [1.29, 1.82) is 0 Å². The first-order valence-electron chi connectivity index (χ1n) is 4.15. The van der Waals surface area contributed by atoms with Crippen molar-refractivity contribution >= 4 is 5.91 Å². The highest BCUT2D eigenvalue weighted by atomic mass is 16.5. The van der Waals surface area contributed by atoms with Crippen molar-refractivity contribution < 1.29 is 9.53 Å².